The van der Waals surface area contributed by atoms with E-state index < -0.39 is 6.51 Å². The van der Waals surface area contributed by atoms with Crippen molar-refractivity contribution >= 4 is 11.6 Å². The van der Waals surface area contributed by atoms with Crippen LogP contribution < -0.4 is 0 Å². The number of unbranched alkanes of at least 4 members (excludes halogenated alkanes) is 4. The second-order valence-corrected chi connectivity index (χ2v) is 36.7. The van der Waals surface area contributed by atoms with Crippen LogP contribution >= 0.6 is 0 Å². The first-order valence-electron chi connectivity index (χ1n) is 11.2. The maximum absolute atomic E-state index is 13.6. The third-order valence-electron chi connectivity index (χ3n) is 17.7. The number of hydrogen-bond acceptors (Lipinski definition) is 2. The van der Waals surface area contributed by atoms with Crippen molar-refractivity contribution in [2.24, 2.45) is 0 Å². The monoisotopic (exact) mass is 382 g/mol. The Kier molecular flexibility index (Phi) is 0.684. The van der Waals surface area contributed by atoms with E-state index in [1.165, 1.54) is 25.7 Å². The number of Topliss-reactive ketones (excluding diaryl/α,β-unsaturated/α-hetero) is 2. The zero-order valence-corrected chi connectivity index (χ0v) is 16.5. The molecule has 10 rings (SSSR count). The summed E-state index contributed by atoms with van der Waals surface area (Å²) in [6.07, 6.45) is 8.88. The summed E-state index contributed by atoms with van der Waals surface area (Å²) in [5, 5.41) is 0. The molecule has 0 radical (unpaired) electrons. The Bertz CT molecular complexity index is 1120. The molecule has 10 saturated heterocycles. The van der Waals surface area contributed by atoms with Crippen LogP contribution in [-0.4, -0.2) is 11.6 Å². The fraction of sp³-hybridized carbons (Fsp3) is 0.909. The Morgan fingerprint density at radius 1 is 0.680 bits per heavy atom. The van der Waals surface area contributed by atoms with E-state index in [4.69, 9.17) is 0 Å². The molecule has 0 aliphatic carbocycles. The van der Waals surface area contributed by atoms with Crippen molar-refractivity contribution in [1.29, 1.82) is 0 Å². The molecule has 10 heterocycles. The summed E-state index contributed by atoms with van der Waals surface area (Å²) in [4.78, 5) is 35.2. The average Bonchev–Trinajstić information content (AvgIpc) is 3.54. The van der Waals surface area contributed by atoms with E-state index in [2.05, 4.69) is 13.8 Å². The third-order valence-corrected chi connectivity index (χ3v) is 60.4. The molecule has 8 atom stereocenters. The Labute approximate surface area is 140 Å². The summed E-state index contributed by atoms with van der Waals surface area (Å²) < 4.78 is 0.561. The average molecular weight is 382 g/mol. The third kappa shape index (κ3) is 0.186. The summed E-state index contributed by atoms with van der Waals surface area (Å²) in [5.74, 6) is 1.49. The van der Waals surface area contributed by atoms with Crippen molar-refractivity contribution in [3.05, 3.63) is 0 Å². The molecule has 0 aromatic heterocycles. The summed E-state index contributed by atoms with van der Waals surface area (Å²) in [6, 6.07) is 0. The van der Waals surface area contributed by atoms with Crippen LogP contribution in [0.5, 0.6) is 0 Å². The molecular weight excluding hydrogens is 352 g/mol. The van der Waals surface area contributed by atoms with Gasteiger partial charge in [-0.25, -0.2) is 0 Å². The number of rotatable bonds is 10. The van der Waals surface area contributed by atoms with E-state index in [0.717, 1.165) is 75.8 Å². The summed E-state index contributed by atoms with van der Waals surface area (Å²) in [7, 11) is 0. The van der Waals surface area contributed by atoms with Crippen molar-refractivity contribution in [1.82, 2.24) is 0 Å². The normalized spacial score (nSPS) is 87.6. The molecule has 0 aromatic carbocycles. The number of ketones is 2. The molecule has 0 amide bonds. The molecule has 1 spiro atoms. The second kappa shape index (κ2) is 1.39. The van der Waals surface area contributed by atoms with E-state index >= 15 is 0 Å². The van der Waals surface area contributed by atoms with E-state index in [-0.39, 0.29) is 8.63 Å². The van der Waals surface area contributed by atoms with Gasteiger partial charge in [0.05, 0.1) is 0 Å². The van der Waals surface area contributed by atoms with Gasteiger partial charge in [0.1, 0.15) is 0 Å². The van der Waals surface area contributed by atoms with Gasteiger partial charge in [0, 0.05) is 0 Å². The van der Waals surface area contributed by atoms with Crippen LogP contribution in [0.2, 0.25) is 47.2 Å². The number of carbonyl (C=O) groups excluding carboxylic acids is 2. The predicted octanol–water partition coefficient (Wildman–Crippen LogP) is 6.41. The SMILES string of the molecule is CCCCCC(=O)[C]12[CH]3[CH]4[CH]5[CH]1[Fe]45321678[CH]2[CH]1[CH]6[C]7(C(=O)CCCCC)[CH]28. The topological polar surface area (TPSA) is 34.1 Å². The maximum atomic E-state index is 13.6. The molecule has 10 aliphatic rings. The Morgan fingerprint density at radius 3 is 1.32 bits per heavy atom. The van der Waals surface area contributed by atoms with Gasteiger partial charge in [0.2, 0.25) is 0 Å². The minimum absolute atomic E-state index is 0.280. The molecule has 0 aromatic rings. The Balaban J connectivity index is 1.16. The zero-order chi connectivity index (χ0) is 16.7. The van der Waals surface area contributed by atoms with Crippen molar-refractivity contribution in [2.45, 2.75) is 112 Å². The minimum atomic E-state index is -3.80. The van der Waals surface area contributed by atoms with Crippen molar-refractivity contribution in [2.75, 3.05) is 0 Å². The van der Waals surface area contributed by atoms with Crippen molar-refractivity contribution in [3.63, 3.8) is 0 Å². The first kappa shape index (κ1) is 12.3. The van der Waals surface area contributed by atoms with Crippen LogP contribution in [0.15, 0.2) is 0 Å². The Hall–Kier alpha value is -0.141. The first-order valence-corrected chi connectivity index (χ1v) is 17.4. The molecule has 138 valence electrons. The van der Waals surface area contributed by atoms with E-state index in [0.29, 0.717) is 0 Å². The molecule has 8 unspecified atom stereocenters. The van der Waals surface area contributed by atoms with E-state index in [1.54, 1.807) is 0 Å². The van der Waals surface area contributed by atoms with Gasteiger partial charge in [0.25, 0.3) is 0 Å². The summed E-state index contributed by atoms with van der Waals surface area (Å²) in [6.45, 7) is 0.673. The number of fused-ring (bicyclic) bond motifs is 10. The number of carbonyl (C=O) groups is 2. The van der Waals surface area contributed by atoms with Gasteiger partial charge < -0.3 is 0 Å². The van der Waals surface area contributed by atoms with Crippen LogP contribution in [-0.2, 0) is 16.1 Å². The fourth-order valence-corrected chi connectivity index (χ4v) is 95.6. The molecule has 25 heavy (non-hydrogen) atoms. The van der Waals surface area contributed by atoms with Gasteiger partial charge in [-0.3, -0.25) is 0 Å². The van der Waals surface area contributed by atoms with Gasteiger partial charge in [0.15, 0.2) is 0 Å². The van der Waals surface area contributed by atoms with Crippen LogP contribution in [0.1, 0.15) is 65.2 Å². The summed E-state index contributed by atoms with van der Waals surface area (Å²) >= 11 is 0. The fourth-order valence-electron chi connectivity index (χ4n) is 19.5. The van der Waals surface area contributed by atoms with Crippen LogP contribution in [0.25, 0.3) is 0 Å². The molecule has 0 saturated carbocycles. The van der Waals surface area contributed by atoms with E-state index in [1.807, 2.05) is 0 Å². The van der Waals surface area contributed by atoms with Gasteiger partial charge in [-0.1, -0.05) is 0 Å². The van der Waals surface area contributed by atoms with E-state index in [9.17, 15) is 9.59 Å². The summed E-state index contributed by atoms with van der Waals surface area (Å²) in [5.41, 5.74) is 0. The van der Waals surface area contributed by atoms with Crippen molar-refractivity contribution in [3.8, 4) is 0 Å². The van der Waals surface area contributed by atoms with Gasteiger partial charge in [-0.2, -0.15) is 0 Å². The van der Waals surface area contributed by atoms with Crippen LogP contribution in [0, 0.1) is 0 Å². The molecule has 0 N–H and O–H groups in total. The Morgan fingerprint density at radius 2 is 1.04 bits per heavy atom. The number of hydrogen-bond donors (Lipinski definition) is 0. The van der Waals surface area contributed by atoms with Crippen LogP contribution in [0.4, 0.5) is 0 Å². The van der Waals surface area contributed by atoms with Gasteiger partial charge in [-0.15, -0.1) is 0 Å². The zero-order valence-electron chi connectivity index (χ0n) is 15.4. The quantitative estimate of drug-likeness (QED) is 0.323. The van der Waals surface area contributed by atoms with Crippen molar-refractivity contribution < 1.29 is 16.1 Å². The molecule has 10 aliphatic heterocycles. The van der Waals surface area contributed by atoms with Gasteiger partial charge in [-0.05, 0) is 0 Å². The second-order valence-electron chi connectivity index (χ2n) is 13.5. The predicted molar refractivity (Wildman–Crippen MR) is 93.7 cm³/mol. The van der Waals surface area contributed by atoms with Crippen LogP contribution in [0.3, 0.4) is 0 Å². The molecular formula is C22H30FeO2. The standard InChI is InChI=1S/2C11H15O.Fe/c2*1-2-3-4-9-11(12)10-7-5-6-8-10;/h2*5-8H,2-4,9H2,1H3;. The molecule has 10 fully saturated rings. The van der Waals surface area contributed by atoms with Gasteiger partial charge >= 0.3 is 140 Å². The molecule has 3 heteroatoms. The molecule has 2 nitrogen and oxygen atoms in total. The first-order chi connectivity index (χ1) is 11.9. The molecule has 0 bridgehead atoms.